The zero-order valence-corrected chi connectivity index (χ0v) is 11.3. The second-order valence-electron chi connectivity index (χ2n) is 5.54. The molecule has 0 saturated heterocycles. The molecule has 16 heavy (non-hydrogen) atoms. The van der Waals surface area contributed by atoms with E-state index in [-0.39, 0.29) is 5.91 Å². The van der Waals surface area contributed by atoms with Crippen molar-refractivity contribution in [1.29, 1.82) is 0 Å². The molecule has 0 aromatic rings. The molecule has 3 heteroatoms. The van der Waals surface area contributed by atoms with E-state index in [9.17, 15) is 4.79 Å². The van der Waals surface area contributed by atoms with E-state index < -0.39 is 0 Å². The van der Waals surface area contributed by atoms with Gasteiger partial charge in [-0.05, 0) is 38.8 Å². The molecule has 3 nitrogen and oxygen atoms in total. The third-order valence-corrected chi connectivity index (χ3v) is 3.75. The normalized spacial score (nSPS) is 26.7. The van der Waals surface area contributed by atoms with Crippen LogP contribution in [0.5, 0.6) is 0 Å². The lowest BCUT2D eigenvalue weighted by atomic mass is 9.72. The van der Waals surface area contributed by atoms with Crippen LogP contribution in [-0.2, 0) is 4.79 Å². The summed E-state index contributed by atoms with van der Waals surface area (Å²) in [7, 11) is 4.27. The number of hydrogen-bond donors (Lipinski definition) is 1. The highest BCUT2D eigenvalue weighted by Gasteiger charge is 2.37. The van der Waals surface area contributed by atoms with Gasteiger partial charge in [0.1, 0.15) is 0 Å². The van der Waals surface area contributed by atoms with Crippen LogP contribution in [0.15, 0.2) is 0 Å². The van der Waals surface area contributed by atoms with E-state index in [0.29, 0.717) is 30.3 Å². The number of nitrogens with zero attached hydrogens (tertiary/aromatic N) is 1. The predicted molar refractivity (Wildman–Crippen MR) is 67.3 cm³/mol. The van der Waals surface area contributed by atoms with Crippen molar-refractivity contribution in [2.45, 2.75) is 52.1 Å². The maximum atomic E-state index is 11.5. The molecule has 94 valence electrons. The van der Waals surface area contributed by atoms with Crippen molar-refractivity contribution in [2.75, 3.05) is 14.1 Å². The van der Waals surface area contributed by atoms with Crippen LogP contribution in [0.1, 0.15) is 40.0 Å². The standard InChI is InChI=1S/C13H26N2O/c1-6-12(16)14-13(9(2)3)10-7-11(8-10)15(4)5/h9-11,13H,6-8H2,1-5H3,(H,14,16)/t10?,11?,13-/m1/s1. The summed E-state index contributed by atoms with van der Waals surface area (Å²) >= 11 is 0. The van der Waals surface area contributed by atoms with E-state index in [0.717, 1.165) is 0 Å². The molecule has 0 spiro atoms. The average Bonchev–Trinajstić information content (AvgIpc) is 2.12. The Kier molecular flexibility index (Phi) is 4.78. The Bertz CT molecular complexity index is 232. The summed E-state index contributed by atoms with van der Waals surface area (Å²) in [4.78, 5) is 13.8. The van der Waals surface area contributed by atoms with Crippen molar-refractivity contribution in [1.82, 2.24) is 10.2 Å². The SMILES string of the molecule is CCC(=O)N[C@H](C(C)C)C1CC(N(C)C)C1. The molecule has 0 unspecified atom stereocenters. The molecule has 1 aliphatic carbocycles. The van der Waals surface area contributed by atoms with E-state index >= 15 is 0 Å². The van der Waals surface area contributed by atoms with E-state index in [2.05, 4.69) is 38.2 Å². The minimum Gasteiger partial charge on any atom is -0.353 e. The van der Waals surface area contributed by atoms with Gasteiger partial charge in [0.2, 0.25) is 5.91 Å². The van der Waals surface area contributed by atoms with Gasteiger partial charge in [-0.2, -0.15) is 0 Å². The van der Waals surface area contributed by atoms with Crippen molar-refractivity contribution < 1.29 is 4.79 Å². The van der Waals surface area contributed by atoms with Gasteiger partial charge in [-0.15, -0.1) is 0 Å². The maximum Gasteiger partial charge on any atom is 0.219 e. The summed E-state index contributed by atoms with van der Waals surface area (Å²) in [6.07, 6.45) is 3.03. The summed E-state index contributed by atoms with van der Waals surface area (Å²) in [6.45, 7) is 6.31. The van der Waals surface area contributed by atoms with Crippen LogP contribution in [0.4, 0.5) is 0 Å². The first-order valence-corrected chi connectivity index (χ1v) is 6.41. The van der Waals surface area contributed by atoms with Crippen LogP contribution < -0.4 is 5.32 Å². The quantitative estimate of drug-likeness (QED) is 0.776. The van der Waals surface area contributed by atoms with E-state index in [4.69, 9.17) is 0 Å². The molecule has 1 amide bonds. The molecule has 1 rings (SSSR count). The minimum atomic E-state index is 0.187. The van der Waals surface area contributed by atoms with Crippen LogP contribution in [0, 0.1) is 11.8 Å². The minimum absolute atomic E-state index is 0.187. The van der Waals surface area contributed by atoms with Gasteiger partial charge in [-0.25, -0.2) is 0 Å². The molecule has 0 radical (unpaired) electrons. The first-order chi connectivity index (χ1) is 7.45. The molecular weight excluding hydrogens is 200 g/mol. The summed E-state index contributed by atoms with van der Waals surface area (Å²) in [6, 6.07) is 1.08. The Morgan fingerprint density at radius 1 is 1.38 bits per heavy atom. The molecule has 1 fully saturated rings. The first-order valence-electron chi connectivity index (χ1n) is 6.41. The van der Waals surface area contributed by atoms with Crippen molar-refractivity contribution in [3.8, 4) is 0 Å². The number of hydrogen-bond acceptors (Lipinski definition) is 2. The first kappa shape index (κ1) is 13.5. The van der Waals surface area contributed by atoms with Gasteiger partial charge in [0.15, 0.2) is 0 Å². The Morgan fingerprint density at radius 3 is 2.31 bits per heavy atom. The Labute approximate surface area is 99.6 Å². The summed E-state index contributed by atoms with van der Waals surface area (Å²) in [5.74, 6) is 1.39. The van der Waals surface area contributed by atoms with Crippen molar-refractivity contribution in [3.05, 3.63) is 0 Å². The third-order valence-electron chi connectivity index (χ3n) is 3.75. The van der Waals surface area contributed by atoms with Gasteiger partial charge in [-0.1, -0.05) is 20.8 Å². The summed E-state index contributed by atoms with van der Waals surface area (Å²) < 4.78 is 0. The highest BCUT2D eigenvalue weighted by atomic mass is 16.1. The topological polar surface area (TPSA) is 32.3 Å². The smallest absolute Gasteiger partial charge is 0.219 e. The molecule has 1 saturated carbocycles. The number of nitrogens with one attached hydrogen (secondary N) is 1. The van der Waals surface area contributed by atoms with Crippen molar-refractivity contribution >= 4 is 5.91 Å². The molecule has 0 heterocycles. The predicted octanol–water partition coefficient (Wildman–Crippen LogP) is 1.88. The third kappa shape index (κ3) is 3.21. The number of amides is 1. The molecule has 1 aliphatic rings. The van der Waals surface area contributed by atoms with Crippen LogP contribution in [0.2, 0.25) is 0 Å². The fourth-order valence-electron chi connectivity index (χ4n) is 2.46. The van der Waals surface area contributed by atoms with Gasteiger partial charge in [0.05, 0.1) is 0 Å². The van der Waals surface area contributed by atoms with Crippen molar-refractivity contribution in [3.63, 3.8) is 0 Å². The van der Waals surface area contributed by atoms with Gasteiger partial charge >= 0.3 is 0 Å². The maximum absolute atomic E-state index is 11.5. The van der Waals surface area contributed by atoms with E-state index in [1.807, 2.05) is 6.92 Å². The van der Waals surface area contributed by atoms with E-state index in [1.54, 1.807) is 0 Å². The zero-order valence-electron chi connectivity index (χ0n) is 11.3. The lowest BCUT2D eigenvalue weighted by Gasteiger charge is -2.45. The number of carbonyl (C=O) groups is 1. The Morgan fingerprint density at radius 2 is 1.94 bits per heavy atom. The molecule has 0 bridgehead atoms. The fourth-order valence-corrected chi connectivity index (χ4v) is 2.46. The van der Waals surface area contributed by atoms with Gasteiger partial charge in [-0.3, -0.25) is 4.79 Å². The molecule has 0 aromatic carbocycles. The number of rotatable bonds is 5. The monoisotopic (exact) mass is 226 g/mol. The summed E-state index contributed by atoms with van der Waals surface area (Å²) in [5.41, 5.74) is 0. The second kappa shape index (κ2) is 5.67. The largest absolute Gasteiger partial charge is 0.353 e. The van der Waals surface area contributed by atoms with Gasteiger partial charge in [0.25, 0.3) is 0 Å². The second-order valence-corrected chi connectivity index (χ2v) is 5.54. The average molecular weight is 226 g/mol. The molecule has 1 N–H and O–H groups in total. The Hall–Kier alpha value is -0.570. The van der Waals surface area contributed by atoms with Crippen molar-refractivity contribution in [2.24, 2.45) is 11.8 Å². The number of carbonyl (C=O) groups excluding carboxylic acids is 1. The zero-order chi connectivity index (χ0) is 12.3. The fraction of sp³-hybridized carbons (Fsp3) is 0.923. The molecule has 0 aliphatic heterocycles. The lowest BCUT2D eigenvalue weighted by Crippen LogP contribution is -2.52. The highest BCUT2D eigenvalue weighted by molar-refractivity contribution is 5.75. The highest BCUT2D eigenvalue weighted by Crippen LogP contribution is 2.35. The molecule has 1 atom stereocenters. The molecule has 0 aromatic heterocycles. The van der Waals surface area contributed by atoms with Crippen LogP contribution in [0.3, 0.4) is 0 Å². The van der Waals surface area contributed by atoms with Crippen LogP contribution in [0.25, 0.3) is 0 Å². The molecular formula is C13H26N2O. The van der Waals surface area contributed by atoms with Crippen LogP contribution >= 0.6 is 0 Å². The van der Waals surface area contributed by atoms with Gasteiger partial charge in [0, 0.05) is 18.5 Å². The summed E-state index contributed by atoms with van der Waals surface area (Å²) in [5, 5.41) is 3.17. The van der Waals surface area contributed by atoms with E-state index in [1.165, 1.54) is 12.8 Å². The Balaban J connectivity index is 2.44. The van der Waals surface area contributed by atoms with Gasteiger partial charge < -0.3 is 10.2 Å². The lowest BCUT2D eigenvalue weighted by molar-refractivity contribution is -0.122. The van der Waals surface area contributed by atoms with Crippen LogP contribution in [-0.4, -0.2) is 37.0 Å².